The number of ether oxygens (including phenoxy) is 2. The van der Waals surface area contributed by atoms with Crippen LogP contribution in [0, 0.1) is 6.92 Å². The molecular weight excluding hydrogens is 610 g/mol. The minimum Gasteiger partial charge on any atom is -0.436 e. The molecule has 1 unspecified atom stereocenters. The van der Waals surface area contributed by atoms with Crippen LogP contribution >= 0.6 is 0 Å². The van der Waals surface area contributed by atoms with Crippen LogP contribution in [-0.2, 0) is 27.1 Å². The van der Waals surface area contributed by atoms with Gasteiger partial charge in [0.2, 0.25) is 0 Å². The molecule has 4 aliphatic heterocycles. The van der Waals surface area contributed by atoms with Crippen molar-refractivity contribution in [2.24, 2.45) is 0 Å². The molecule has 254 valence electrons. The summed E-state index contributed by atoms with van der Waals surface area (Å²) in [5, 5.41) is 3.06. The predicted octanol–water partition coefficient (Wildman–Crippen LogP) is 3.86. The van der Waals surface area contributed by atoms with Crippen LogP contribution < -0.4 is 5.32 Å². The number of likely N-dealkylation sites (tertiary alicyclic amines) is 2. The van der Waals surface area contributed by atoms with Crippen molar-refractivity contribution in [2.45, 2.75) is 63.6 Å². The number of fused-ring (bicyclic) bond motifs is 2. The summed E-state index contributed by atoms with van der Waals surface area (Å²) in [4.78, 5) is 57.7. The maximum atomic E-state index is 14.1. The zero-order chi connectivity index (χ0) is 33.0. The summed E-state index contributed by atoms with van der Waals surface area (Å²) < 4.78 is 11.6. The Labute approximate surface area is 281 Å². The van der Waals surface area contributed by atoms with Gasteiger partial charge in [0.05, 0.1) is 24.2 Å². The van der Waals surface area contributed by atoms with Crippen molar-refractivity contribution in [3.8, 4) is 0 Å². The predicted molar refractivity (Wildman–Crippen MR) is 181 cm³/mol. The van der Waals surface area contributed by atoms with Crippen LogP contribution in [0.15, 0.2) is 48.8 Å². The number of benzene rings is 2. The third-order valence-electron chi connectivity index (χ3n) is 10.4. The number of urea groups is 1. The van der Waals surface area contributed by atoms with E-state index in [4.69, 9.17) is 9.47 Å². The first-order valence-corrected chi connectivity index (χ1v) is 17.3. The Balaban J connectivity index is 1.01. The van der Waals surface area contributed by atoms with Crippen molar-refractivity contribution in [3.05, 3.63) is 65.5 Å². The lowest BCUT2D eigenvalue weighted by atomic mass is 9.99. The number of aromatic nitrogens is 2. The second kappa shape index (κ2) is 14.4. The number of anilines is 1. The molecule has 0 saturated carbocycles. The quantitative estimate of drug-likeness (QED) is 0.425. The minimum absolute atomic E-state index is 0.0234. The molecule has 12 nitrogen and oxygen atoms in total. The third kappa shape index (κ3) is 7.09. The fraction of sp³-hybridized carbons (Fsp3) is 0.528. The number of para-hydroxylation sites is 1. The number of piperidine rings is 2. The number of amides is 4. The van der Waals surface area contributed by atoms with Gasteiger partial charge in [-0.05, 0) is 67.9 Å². The molecule has 3 aromatic rings. The van der Waals surface area contributed by atoms with Crippen LogP contribution in [0.4, 0.5) is 15.3 Å². The Morgan fingerprint density at radius 3 is 2.42 bits per heavy atom. The lowest BCUT2D eigenvalue weighted by Gasteiger charge is -2.41. The maximum Gasteiger partial charge on any atom is 0.410 e. The monoisotopic (exact) mass is 655 g/mol. The Bertz CT molecular complexity index is 1630. The van der Waals surface area contributed by atoms with Gasteiger partial charge in [0.15, 0.2) is 6.10 Å². The first-order valence-electron chi connectivity index (χ1n) is 17.3. The number of morpholine rings is 1. The van der Waals surface area contributed by atoms with Crippen molar-refractivity contribution < 1.29 is 23.9 Å². The number of rotatable bonds is 6. The molecule has 3 fully saturated rings. The normalized spacial score (nSPS) is 20.6. The van der Waals surface area contributed by atoms with Gasteiger partial charge in [0.1, 0.15) is 0 Å². The van der Waals surface area contributed by atoms with Gasteiger partial charge in [0, 0.05) is 82.4 Å². The van der Waals surface area contributed by atoms with E-state index in [-0.39, 0.29) is 24.4 Å². The first kappa shape index (κ1) is 32.3. The highest BCUT2D eigenvalue weighted by Crippen LogP contribution is 2.26. The van der Waals surface area contributed by atoms with Crippen molar-refractivity contribution in [1.82, 2.24) is 29.6 Å². The first-order chi connectivity index (χ1) is 23.4. The second-order valence-corrected chi connectivity index (χ2v) is 13.4. The number of hydrogen-bond donors (Lipinski definition) is 1. The van der Waals surface area contributed by atoms with Crippen molar-refractivity contribution in [2.75, 3.05) is 64.3 Å². The zero-order valence-electron chi connectivity index (χ0n) is 27.7. The topological polar surface area (TPSA) is 120 Å². The van der Waals surface area contributed by atoms with E-state index in [0.717, 1.165) is 79.0 Å². The molecule has 5 heterocycles. The highest BCUT2D eigenvalue weighted by molar-refractivity contribution is 5.91. The summed E-state index contributed by atoms with van der Waals surface area (Å²) in [5.41, 5.74) is 5.39. The molecule has 1 aromatic heterocycles. The molecule has 12 heteroatoms. The Morgan fingerprint density at radius 1 is 0.917 bits per heavy atom. The standard InChI is InChI=1S/C36H45N7O5/c1-25-22-26(23-31-33(25)38-12-11-37-31)24-32(34(44)41-13-7-28(8-14-41)40-18-20-47-21-19-40)48-36(46)42-15-9-29(10-16-42)43-17-6-27-4-2-3-5-30(27)39-35(43)45/h2-5,11-12,22-23,28-29,32H,6-10,13-21,24H2,1H3,(H,39,45). The number of carbonyl (C=O) groups is 3. The van der Waals surface area contributed by atoms with Gasteiger partial charge < -0.3 is 29.5 Å². The van der Waals surface area contributed by atoms with Crippen LogP contribution in [0.2, 0.25) is 0 Å². The van der Waals surface area contributed by atoms with Crippen molar-refractivity contribution in [3.63, 3.8) is 0 Å². The lowest BCUT2D eigenvalue weighted by Crippen LogP contribution is -2.53. The summed E-state index contributed by atoms with van der Waals surface area (Å²) in [7, 11) is 0. The number of aryl methyl sites for hydroxylation is 1. The molecule has 0 bridgehead atoms. The average molecular weight is 656 g/mol. The van der Waals surface area contributed by atoms with E-state index in [1.165, 1.54) is 0 Å². The molecule has 7 rings (SSSR count). The molecule has 48 heavy (non-hydrogen) atoms. The molecule has 2 aromatic carbocycles. The van der Waals surface area contributed by atoms with Gasteiger partial charge in [-0.3, -0.25) is 19.7 Å². The smallest absolute Gasteiger partial charge is 0.410 e. The van der Waals surface area contributed by atoms with Crippen molar-refractivity contribution in [1.29, 1.82) is 0 Å². The van der Waals surface area contributed by atoms with Crippen LogP contribution in [0.25, 0.3) is 11.0 Å². The Hall–Kier alpha value is -4.29. The van der Waals surface area contributed by atoms with E-state index in [2.05, 4.69) is 26.3 Å². The summed E-state index contributed by atoms with van der Waals surface area (Å²) in [5.74, 6) is -0.156. The van der Waals surface area contributed by atoms with Gasteiger partial charge in [-0.2, -0.15) is 0 Å². The van der Waals surface area contributed by atoms with E-state index in [0.29, 0.717) is 51.6 Å². The number of hydrogen-bond acceptors (Lipinski definition) is 8. The highest BCUT2D eigenvalue weighted by Gasteiger charge is 2.36. The van der Waals surface area contributed by atoms with Gasteiger partial charge in [-0.1, -0.05) is 24.3 Å². The van der Waals surface area contributed by atoms with E-state index in [1.807, 2.05) is 47.1 Å². The summed E-state index contributed by atoms with van der Waals surface area (Å²) in [6, 6.07) is 12.2. The van der Waals surface area contributed by atoms with E-state index < -0.39 is 12.2 Å². The van der Waals surface area contributed by atoms with E-state index in [9.17, 15) is 14.4 Å². The Morgan fingerprint density at radius 2 is 1.62 bits per heavy atom. The van der Waals surface area contributed by atoms with Crippen LogP contribution in [0.1, 0.15) is 42.4 Å². The van der Waals surface area contributed by atoms with Gasteiger partial charge in [-0.25, -0.2) is 9.59 Å². The number of nitrogens with zero attached hydrogens (tertiary/aromatic N) is 6. The lowest BCUT2D eigenvalue weighted by molar-refractivity contribution is -0.142. The summed E-state index contributed by atoms with van der Waals surface area (Å²) >= 11 is 0. The molecule has 4 aliphatic rings. The molecule has 3 saturated heterocycles. The SMILES string of the molecule is Cc1cc(CC(OC(=O)N2CCC(N3CCc4ccccc4NC3=O)CC2)C(=O)N2CCC(N3CCOCC3)CC2)cc2nccnc12. The number of carbonyl (C=O) groups excluding carboxylic acids is 3. The minimum atomic E-state index is -0.960. The maximum absolute atomic E-state index is 14.1. The highest BCUT2D eigenvalue weighted by atomic mass is 16.6. The number of nitrogens with one attached hydrogen (secondary N) is 1. The molecule has 1 atom stereocenters. The average Bonchev–Trinajstić information content (AvgIpc) is 3.29. The van der Waals surface area contributed by atoms with E-state index in [1.54, 1.807) is 17.3 Å². The Kier molecular flexibility index (Phi) is 9.71. The third-order valence-corrected chi connectivity index (χ3v) is 10.4. The largest absolute Gasteiger partial charge is 0.436 e. The molecule has 0 radical (unpaired) electrons. The van der Waals surface area contributed by atoms with Crippen molar-refractivity contribution >= 4 is 34.8 Å². The molecule has 1 N–H and O–H groups in total. The van der Waals surface area contributed by atoms with Crippen LogP contribution in [0.5, 0.6) is 0 Å². The molecule has 0 aliphatic carbocycles. The van der Waals surface area contributed by atoms with Gasteiger partial charge >= 0.3 is 12.1 Å². The summed E-state index contributed by atoms with van der Waals surface area (Å²) in [6.07, 6.45) is 5.99. The van der Waals surface area contributed by atoms with Crippen LogP contribution in [0.3, 0.4) is 0 Å². The fourth-order valence-corrected chi connectivity index (χ4v) is 7.73. The van der Waals surface area contributed by atoms with E-state index >= 15 is 0 Å². The zero-order valence-corrected chi connectivity index (χ0v) is 27.7. The molecular formula is C36H45N7O5. The van der Waals surface area contributed by atoms with Crippen LogP contribution in [-0.4, -0.2) is 125 Å². The molecule has 4 amide bonds. The second-order valence-electron chi connectivity index (χ2n) is 13.4. The van der Waals surface area contributed by atoms with Gasteiger partial charge in [-0.15, -0.1) is 0 Å². The van der Waals surface area contributed by atoms with Gasteiger partial charge in [0.25, 0.3) is 5.91 Å². The molecule has 0 spiro atoms. The summed E-state index contributed by atoms with van der Waals surface area (Å²) in [6.45, 7) is 8.14. The fourth-order valence-electron chi connectivity index (χ4n) is 7.73.